The molecule has 0 aliphatic carbocycles. The van der Waals surface area contributed by atoms with Crippen LogP contribution in [0.5, 0.6) is 0 Å². The lowest BCUT2D eigenvalue weighted by Gasteiger charge is -2.43. The predicted molar refractivity (Wildman–Crippen MR) is 60.3 cm³/mol. The highest BCUT2D eigenvalue weighted by atomic mass is 16.3. The summed E-state index contributed by atoms with van der Waals surface area (Å²) in [5, 5.41) is 10.1. The Balaban J connectivity index is 2.56. The van der Waals surface area contributed by atoms with E-state index in [-0.39, 0.29) is 11.5 Å². The summed E-state index contributed by atoms with van der Waals surface area (Å²) < 4.78 is 0. The number of rotatable bonds is 1. The molecule has 1 heterocycles. The summed E-state index contributed by atoms with van der Waals surface area (Å²) in [6.07, 6.45) is 0.981. The van der Waals surface area contributed by atoms with Crippen molar-refractivity contribution in [1.82, 2.24) is 4.90 Å². The van der Waals surface area contributed by atoms with Crippen LogP contribution in [0.3, 0.4) is 0 Å². The zero-order valence-corrected chi connectivity index (χ0v) is 10.2. The standard InChI is InChI=1S/C12H25NO/c1-9(2)13-7-6-10(11(14)8-13)12(3,4)5/h9-11,14H,6-8H2,1-5H3. The lowest BCUT2D eigenvalue weighted by molar-refractivity contribution is -0.0327. The van der Waals surface area contributed by atoms with Gasteiger partial charge in [0.1, 0.15) is 0 Å². The molecule has 1 N–H and O–H groups in total. The van der Waals surface area contributed by atoms with Crippen molar-refractivity contribution in [2.24, 2.45) is 11.3 Å². The molecule has 0 aromatic carbocycles. The van der Waals surface area contributed by atoms with E-state index in [9.17, 15) is 5.11 Å². The Morgan fingerprint density at radius 2 is 1.86 bits per heavy atom. The Morgan fingerprint density at radius 3 is 2.21 bits per heavy atom. The Bertz CT molecular complexity index is 183. The maximum Gasteiger partial charge on any atom is 0.0700 e. The van der Waals surface area contributed by atoms with Gasteiger partial charge in [0.2, 0.25) is 0 Å². The molecule has 0 aromatic heterocycles. The molecule has 2 atom stereocenters. The van der Waals surface area contributed by atoms with E-state index < -0.39 is 0 Å². The number of nitrogens with zero attached hydrogens (tertiary/aromatic N) is 1. The van der Waals surface area contributed by atoms with E-state index in [1.807, 2.05) is 0 Å². The topological polar surface area (TPSA) is 23.5 Å². The van der Waals surface area contributed by atoms with Gasteiger partial charge in [-0.3, -0.25) is 4.90 Å². The van der Waals surface area contributed by atoms with Gasteiger partial charge in [0.05, 0.1) is 6.10 Å². The predicted octanol–water partition coefficient (Wildman–Crippen LogP) is 2.12. The van der Waals surface area contributed by atoms with Crippen LogP contribution in [0.1, 0.15) is 41.0 Å². The van der Waals surface area contributed by atoms with Crippen LogP contribution in [0, 0.1) is 11.3 Å². The van der Waals surface area contributed by atoms with Gasteiger partial charge >= 0.3 is 0 Å². The number of aliphatic hydroxyl groups excluding tert-OH is 1. The van der Waals surface area contributed by atoms with Crippen molar-refractivity contribution >= 4 is 0 Å². The number of aliphatic hydroxyl groups is 1. The molecule has 2 nitrogen and oxygen atoms in total. The number of hydrogen-bond acceptors (Lipinski definition) is 2. The number of hydrogen-bond donors (Lipinski definition) is 1. The molecular formula is C12H25NO. The highest BCUT2D eigenvalue weighted by Crippen LogP contribution is 2.34. The lowest BCUT2D eigenvalue weighted by atomic mass is 9.73. The molecule has 1 saturated heterocycles. The van der Waals surface area contributed by atoms with Crippen LogP contribution in [0.2, 0.25) is 0 Å². The van der Waals surface area contributed by atoms with Crippen molar-refractivity contribution in [1.29, 1.82) is 0 Å². The summed E-state index contributed by atoms with van der Waals surface area (Å²) in [4.78, 5) is 2.37. The SMILES string of the molecule is CC(C)N1CCC(C(C)(C)C)C(O)C1. The second kappa shape index (κ2) is 4.19. The molecular weight excluding hydrogens is 174 g/mol. The maximum absolute atomic E-state index is 10.1. The van der Waals surface area contributed by atoms with E-state index in [4.69, 9.17) is 0 Å². The first-order valence-corrected chi connectivity index (χ1v) is 5.74. The molecule has 0 bridgehead atoms. The quantitative estimate of drug-likeness (QED) is 0.699. The van der Waals surface area contributed by atoms with Crippen LogP contribution in [0.15, 0.2) is 0 Å². The van der Waals surface area contributed by atoms with E-state index in [0.717, 1.165) is 19.5 Å². The average Bonchev–Trinajstić information content (AvgIpc) is 2.01. The molecule has 0 aromatic rings. The van der Waals surface area contributed by atoms with E-state index in [1.54, 1.807) is 0 Å². The van der Waals surface area contributed by atoms with Gasteiger partial charge in [-0.1, -0.05) is 20.8 Å². The molecule has 14 heavy (non-hydrogen) atoms. The van der Waals surface area contributed by atoms with Crippen molar-refractivity contribution < 1.29 is 5.11 Å². The molecule has 84 valence electrons. The van der Waals surface area contributed by atoms with Gasteiger partial charge in [-0.05, 0) is 38.1 Å². The van der Waals surface area contributed by atoms with Crippen molar-refractivity contribution in [3.63, 3.8) is 0 Å². The van der Waals surface area contributed by atoms with Gasteiger partial charge in [-0.25, -0.2) is 0 Å². The number of piperidine rings is 1. The van der Waals surface area contributed by atoms with Crippen molar-refractivity contribution in [2.45, 2.75) is 53.2 Å². The monoisotopic (exact) mass is 199 g/mol. The van der Waals surface area contributed by atoms with Gasteiger partial charge in [-0.2, -0.15) is 0 Å². The third-order valence-corrected chi connectivity index (χ3v) is 3.46. The fraction of sp³-hybridized carbons (Fsp3) is 1.00. The molecule has 2 heteroatoms. The normalized spacial score (nSPS) is 31.1. The summed E-state index contributed by atoms with van der Waals surface area (Å²) in [6, 6.07) is 0.561. The van der Waals surface area contributed by atoms with Crippen LogP contribution < -0.4 is 0 Å². The largest absolute Gasteiger partial charge is 0.391 e. The third kappa shape index (κ3) is 2.71. The summed E-state index contributed by atoms with van der Waals surface area (Å²) in [5.74, 6) is 0.456. The van der Waals surface area contributed by atoms with Crippen molar-refractivity contribution in [3.05, 3.63) is 0 Å². The molecule has 0 saturated carbocycles. The molecule has 0 amide bonds. The minimum Gasteiger partial charge on any atom is -0.391 e. The van der Waals surface area contributed by atoms with Crippen LogP contribution in [-0.2, 0) is 0 Å². The first-order valence-electron chi connectivity index (χ1n) is 5.74. The highest BCUT2D eigenvalue weighted by molar-refractivity contribution is 4.87. The fourth-order valence-electron chi connectivity index (χ4n) is 2.44. The van der Waals surface area contributed by atoms with Crippen LogP contribution in [0.25, 0.3) is 0 Å². The lowest BCUT2D eigenvalue weighted by Crippen LogP contribution is -2.50. The fourth-order valence-corrected chi connectivity index (χ4v) is 2.44. The molecule has 1 rings (SSSR count). The molecule has 2 unspecified atom stereocenters. The van der Waals surface area contributed by atoms with E-state index >= 15 is 0 Å². The van der Waals surface area contributed by atoms with Crippen LogP contribution in [0.4, 0.5) is 0 Å². The van der Waals surface area contributed by atoms with Crippen molar-refractivity contribution in [3.8, 4) is 0 Å². The Morgan fingerprint density at radius 1 is 1.29 bits per heavy atom. The van der Waals surface area contributed by atoms with Gasteiger partial charge in [0.15, 0.2) is 0 Å². The number of likely N-dealkylation sites (tertiary alicyclic amines) is 1. The second-order valence-electron chi connectivity index (χ2n) is 5.92. The summed E-state index contributed by atoms with van der Waals surface area (Å²) >= 11 is 0. The Labute approximate surface area is 88.3 Å². The smallest absolute Gasteiger partial charge is 0.0700 e. The number of β-amino-alcohol motifs (C(OH)–C–C–N with tert-alkyl or cyclic N) is 1. The summed E-state index contributed by atoms with van der Waals surface area (Å²) in [5.41, 5.74) is 0.239. The first-order chi connectivity index (χ1) is 6.32. The minimum absolute atomic E-state index is 0.147. The first kappa shape index (κ1) is 12.0. The molecule has 1 fully saturated rings. The minimum atomic E-state index is -0.147. The van der Waals surface area contributed by atoms with E-state index in [2.05, 4.69) is 39.5 Å². The van der Waals surface area contributed by atoms with E-state index in [0.29, 0.717) is 12.0 Å². The molecule has 1 aliphatic heterocycles. The van der Waals surface area contributed by atoms with Gasteiger partial charge in [0, 0.05) is 12.6 Å². The highest BCUT2D eigenvalue weighted by Gasteiger charge is 2.35. The van der Waals surface area contributed by atoms with E-state index in [1.165, 1.54) is 0 Å². The zero-order valence-electron chi connectivity index (χ0n) is 10.2. The molecule has 1 aliphatic rings. The second-order valence-corrected chi connectivity index (χ2v) is 5.92. The summed E-state index contributed by atoms with van der Waals surface area (Å²) in [6.45, 7) is 13.1. The third-order valence-electron chi connectivity index (χ3n) is 3.46. The van der Waals surface area contributed by atoms with Gasteiger partial charge < -0.3 is 5.11 Å². The van der Waals surface area contributed by atoms with Gasteiger partial charge in [-0.15, -0.1) is 0 Å². The van der Waals surface area contributed by atoms with Crippen molar-refractivity contribution in [2.75, 3.05) is 13.1 Å². The Hall–Kier alpha value is -0.0800. The average molecular weight is 199 g/mol. The van der Waals surface area contributed by atoms with Crippen LogP contribution in [-0.4, -0.2) is 35.2 Å². The zero-order chi connectivity index (χ0) is 10.9. The molecule has 0 radical (unpaired) electrons. The maximum atomic E-state index is 10.1. The molecule has 0 spiro atoms. The Kier molecular flexibility index (Phi) is 3.59. The van der Waals surface area contributed by atoms with Gasteiger partial charge in [0.25, 0.3) is 0 Å². The van der Waals surface area contributed by atoms with Crippen LogP contribution >= 0.6 is 0 Å². The summed E-state index contributed by atoms with van der Waals surface area (Å²) in [7, 11) is 0.